The summed E-state index contributed by atoms with van der Waals surface area (Å²) >= 11 is 0. The Hall–Kier alpha value is -2.99. The van der Waals surface area contributed by atoms with Gasteiger partial charge in [0.25, 0.3) is 0 Å². The third-order valence-corrected chi connectivity index (χ3v) is 4.83. The quantitative estimate of drug-likeness (QED) is 0.562. The first-order chi connectivity index (χ1) is 15.0. The van der Waals surface area contributed by atoms with Crippen LogP contribution in [0.3, 0.4) is 0 Å². The molecule has 0 bridgehead atoms. The Kier molecular flexibility index (Phi) is 6.47. The van der Waals surface area contributed by atoms with Gasteiger partial charge in [0.1, 0.15) is 0 Å². The smallest absolute Gasteiger partial charge is 0.378 e. The van der Waals surface area contributed by atoms with Crippen LogP contribution in [0.5, 0.6) is 0 Å². The average molecular weight is 437 g/mol. The molecule has 0 atom stereocenters. The van der Waals surface area contributed by atoms with E-state index in [2.05, 4.69) is 25.5 Å². The minimum absolute atomic E-state index is 0.0571. The Morgan fingerprint density at radius 2 is 1.42 bits per heavy atom. The number of aromatic nitrogens is 3. The largest absolute Gasteiger partial charge is 0.417 e. The number of halogens is 3. The Labute approximate surface area is 176 Å². The highest BCUT2D eigenvalue weighted by Crippen LogP contribution is 2.31. The molecule has 1 aromatic carbocycles. The lowest BCUT2D eigenvalue weighted by atomic mass is 10.1. The molecule has 31 heavy (non-hydrogen) atoms. The van der Waals surface area contributed by atoms with Crippen LogP contribution < -0.4 is 15.2 Å². The zero-order valence-corrected chi connectivity index (χ0v) is 16.7. The molecule has 1 aromatic heterocycles. The minimum atomic E-state index is -4.47. The van der Waals surface area contributed by atoms with Crippen molar-refractivity contribution in [1.29, 1.82) is 0 Å². The molecule has 0 amide bonds. The minimum Gasteiger partial charge on any atom is -0.378 e. The molecule has 2 saturated heterocycles. The van der Waals surface area contributed by atoms with E-state index in [1.54, 1.807) is 0 Å². The molecule has 4 rings (SSSR count). The highest BCUT2D eigenvalue weighted by molar-refractivity contribution is 5.82. The number of hydrogen-bond donors (Lipinski definition) is 1. The van der Waals surface area contributed by atoms with Crippen LogP contribution in [0.25, 0.3) is 0 Å². The second kappa shape index (κ2) is 9.43. The Morgan fingerprint density at radius 1 is 0.871 bits per heavy atom. The Morgan fingerprint density at radius 3 is 1.97 bits per heavy atom. The van der Waals surface area contributed by atoms with Crippen LogP contribution in [0.15, 0.2) is 29.4 Å². The van der Waals surface area contributed by atoms with Gasteiger partial charge in [-0.3, -0.25) is 0 Å². The molecule has 2 fully saturated rings. The normalized spacial score (nSPS) is 17.9. The van der Waals surface area contributed by atoms with Gasteiger partial charge >= 0.3 is 6.18 Å². The molecular weight excluding hydrogens is 415 g/mol. The van der Waals surface area contributed by atoms with Crippen molar-refractivity contribution in [3.05, 3.63) is 35.4 Å². The molecule has 0 spiro atoms. The second-order valence-corrected chi connectivity index (χ2v) is 6.91. The highest BCUT2D eigenvalue weighted by atomic mass is 19.4. The molecule has 166 valence electrons. The first-order valence-electron chi connectivity index (χ1n) is 9.87. The first-order valence-corrected chi connectivity index (χ1v) is 9.87. The summed E-state index contributed by atoms with van der Waals surface area (Å²) in [7, 11) is 0. The number of hydrazone groups is 1. The van der Waals surface area contributed by atoms with Gasteiger partial charge in [-0.05, 0) is 6.07 Å². The summed E-state index contributed by atoms with van der Waals surface area (Å²) in [5.41, 5.74) is 1.83. The highest BCUT2D eigenvalue weighted by Gasteiger charge is 2.32. The van der Waals surface area contributed by atoms with E-state index in [1.165, 1.54) is 18.2 Å². The van der Waals surface area contributed by atoms with Crippen LogP contribution in [0.2, 0.25) is 0 Å². The van der Waals surface area contributed by atoms with Crippen LogP contribution in [0, 0.1) is 0 Å². The second-order valence-electron chi connectivity index (χ2n) is 6.91. The van der Waals surface area contributed by atoms with Crippen molar-refractivity contribution in [1.82, 2.24) is 15.0 Å². The molecule has 2 aliphatic heterocycles. The van der Waals surface area contributed by atoms with Gasteiger partial charge < -0.3 is 19.3 Å². The van der Waals surface area contributed by atoms with Gasteiger partial charge in [0.15, 0.2) is 0 Å². The average Bonchev–Trinajstić information content (AvgIpc) is 2.80. The van der Waals surface area contributed by atoms with Crippen LogP contribution >= 0.6 is 0 Å². The fourth-order valence-electron chi connectivity index (χ4n) is 3.24. The Balaban J connectivity index is 1.57. The molecule has 0 unspecified atom stereocenters. The van der Waals surface area contributed by atoms with Gasteiger partial charge in [0.05, 0.1) is 38.2 Å². The molecule has 0 aliphatic carbocycles. The molecule has 2 aliphatic rings. The molecule has 0 radical (unpaired) electrons. The topological polar surface area (TPSA) is 88.0 Å². The summed E-state index contributed by atoms with van der Waals surface area (Å²) in [4.78, 5) is 17.3. The van der Waals surface area contributed by atoms with Crippen molar-refractivity contribution in [3.8, 4) is 0 Å². The van der Waals surface area contributed by atoms with Gasteiger partial charge in [0, 0.05) is 31.7 Å². The Bertz CT molecular complexity index is 877. The van der Waals surface area contributed by atoms with Crippen LogP contribution in [-0.2, 0) is 15.7 Å². The van der Waals surface area contributed by atoms with Gasteiger partial charge in [-0.25, -0.2) is 5.43 Å². The maximum atomic E-state index is 13.2. The van der Waals surface area contributed by atoms with E-state index in [-0.39, 0.29) is 11.5 Å². The van der Waals surface area contributed by atoms with E-state index in [0.29, 0.717) is 64.5 Å². The fraction of sp³-hybridized carbons (Fsp3) is 0.474. The van der Waals surface area contributed by atoms with E-state index >= 15 is 0 Å². The van der Waals surface area contributed by atoms with Crippen molar-refractivity contribution in [2.24, 2.45) is 5.10 Å². The van der Waals surface area contributed by atoms with E-state index in [4.69, 9.17) is 9.47 Å². The van der Waals surface area contributed by atoms with Crippen molar-refractivity contribution < 1.29 is 22.6 Å². The molecule has 2 aromatic rings. The fourth-order valence-corrected chi connectivity index (χ4v) is 3.24. The summed E-state index contributed by atoms with van der Waals surface area (Å²) in [6.07, 6.45) is -3.36. The van der Waals surface area contributed by atoms with Crippen LogP contribution in [-0.4, -0.2) is 73.8 Å². The number of rotatable bonds is 5. The molecule has 3 heterocycles. The zero-order valence-electron chi connectivity index (χ0n) is 16.7. The number of alkyl halides is 3. The number of nitrogens with one attached hydrogen (secondary N) is 1. The summed E-state index contributed by atoms with van der Waals surface area (Å²) in [5.74, 6) is 1.08. The number of nitrogens with zero attached hydrogens (tertiary/aromatic N) is 6. The molecule has 1 N–H and O–H groups in total. The summed E-state index contributed by atoms with van der Waals surface area (Å²) in [6, 6.07) is 5.21. The van der Waals surface area contributed by atoms with E-state index in [1.807, 2.05) is 9.80 Å². The predicted molar refractivity (Wildman–Crippen MR) is 109 cm³/mol. The standard InChI is InChI=1S/C19H22F3N7O2/c20-19(21,22)15-4-2-1-3-14(15)13-23-27-16-24-17(28-5-9-30-10-6-28)26-18(25-16)29-7-11-31-12-8-29/h1-4,13H,5-12H2,(H,24,25,26,27)/b23-13-. The van der Waals surface area contributed by atoms with Gasteiger partial charge in [-0.15, -0.1) is 0 Å². The van der Waals surface area contributed by atoms with Gasteiger partial charge in [-0.1, -0.05) is 18.2 Å². The predicted octanol–water partition coefficient (Wildman–Crippen LogP) is 2.01. The molecule has 0 saturated carbocycles. The lowest BCUT2D eigenvalue weighted by molar-refractivity contribution is -0.137. The van der Waals surface area contributed by atoms with Crippen LogP contribution in [0.4, 0.5) is 31.0 Å². The maximum absolute atomic E-state index is 13.2. The van der Waals surface area contributed by atoms with Crippen molar-refractivity contribution in [3.63, 3.8) is 0 Å². The number of benzene rings is 1. The van der Waals surface area contributed by atoms with Crippen molar-refractivity contribution >= 4 is 24.1 Å². The molecule has 12 heteroatoms. The summed E-state index contributed by atoms with van der Waals surface area (Å²) in [6.45, 7) is 4.79. The lowest BCUT2D eigenvalue weighted by Crippen LogP contribution is -2.40. The third kappa shape index (κ3) is 5.39. The maximum Gasteiger partial charge on any atom is 0.417 e. The van der Waals surface area contributed by atoms with E-state index in [0.717, 1.165) is 12.3 Å². The van der Waals surface area contributed by atoms with Gasteiger partial charge in [0.2, 0.25) is 17.8 Å². The third-order valence-electron chi connectivity index (χ3n) is 4.83. The number of anilines is 3. The first kappa shape index (κ1) is 21.2. The van der Waals surface area contributed by atoms with E-state index in [9.17, 15) is 13.2 Å². The monoisotopic (exact) mass is 437 g/mol. The summed E-state index contributed by atoms with van der Waals surface area (Å²) < 4.78 is 50.3. The molecule has 9 nitrogen and oxygen atoms in total. The van der Waals surface area contributed by atoms with Crippen molar-refractivity contribution in [2.75, 3.05) is 67.8 Å². The SMILES string of the molecule is FC(F)(F)c1ccccc1/C=N\Nc1nc(N2CCOCC2)nc(N2CCOCC2)n1. The van der Waals surface area contributed by atoms with Gasteiger partial charge in [-0.2, -0.15) is 33.2 Å². The van der Waals surface area contributed by atoms with Crippen LogP contribution in [0.1, 0.15) is 11.1 Å². The van der Waals surface area contributed by atoms with E-state index < -0.39 is 11.7 Å². The number of morpholine rings is 2. The van der Waals surface area contributed by atoms with Crippen molar-refractivity contribution in [2.45, 2.75) is 6.18 Å². The number of ether oxygens (including phenoxy) is 2. The lowest BCUT2D eigenvalue weighted by Gasteiger charge is -2.30. The zero-order chi connectivity index (χ0) is 21.7. The molecular formula is C19H22F3N7O2. The summed E-state index contributed by atoms with van der Waals surface area (Å²) in [5, 5.41) is 3.94. The number of hydrogen-bond acceptors (Lipinski definition) is 9.